The Morgan fingerprint density at radius 1 is 1.00 bits per heavy atom. The van der Waals surface area contributed by atoms with Crippen molar-refractivity contribution in [3.8, 4) is 17.9 Å². The van der Waals surface area contributed by atoms with E-state index in [1.807, 2.05) is 54.6 Å². The minimum absolute atomic E-state index is 0.0686. The molecule has 1 saturated carbocycles. The van der Waals surface area contributed by atoms with Crippen LogP contribution >= 0.6 is 0 Å². The van der Waals surface area contributed by atoms with Crippen molar-refractivity contribution >= 4 is 5.84 Å². The molecular weight excluding hydrogens is 392 g/mol. The van der Waals surface area contributed by atoms with Crippen molar-refractivity contribution in [2.45, 2.75) is 32.3 Å². The van der Waals surface area contributed by atoms with Gasteiger partial charge in [0.1, 0.15) is 23.6 Å². The second kappa shape index (κ2) is 7.70. The van der Waals surface area contributed by atoms with Crippen molar-refractivity contribution in [2.24, 2.45) is 21.6 Å². The van der Waals surface area contributed by atoms with E-state index in [-0.39, 0.29) is 19.0 Å². The van der Waals surface area contributed by atoms with Crippen molar-refractivity contribution in [3.63, 3.8) is 0 Å². The zero-order valence-electron chi connectivity index (χ0n) is 17.5. The summed E-state index contributed by atoms with van der Waals surface area (Å²) in [5.41, 5.74) is 5.36. The van der Waals surface area contributed by atoms with E-state index < -0.39 is 22.7 Å². The predicted molar refractivity (Wildman–Crippen MR) is 114 cm³/mol. The molecule has 31 heavy (non-hydrogen) atoms. The van der Waals surface area contributed by atoms with Crippen LogP contribution in [0.4, 0.5) is 0 Å². The predicted octanol–water partition coefficient (Wildman–Crippen LogP) is 3.48. The maximum absolute atomic E-state index is 10.3. The topological polar surface area (TPSA) is 114 Å². The quantitative estimate of drug-likeness (QED) is 0.659. The summed E-state index contributed by atoms with van der Waals surface area (Å²) in [4.78, 5) is 4.36. The molecule has 2 aromatic rings. The fourth-order valence-corrected chi connectivity index (χ4v) is 4.77. The van der Waals surface area contributed by atoms with Crippen molar-refractivity contribution in [2.75, 3.05) is 13.2 Å². The van der Waals surface area contributed by atoms with Crippen molar-refractivity contribution < 1.29 is 14.2 Å². The number of nitrogens with two attached hydrogens (primary N) is 1. The minimum Gasteiger partial charge on any atom is -0.489 e. The lowest BCUT2D eigenvalue weighted by Crippen LogP contribution is -2.43. The third-order valence-corrected chi connectivity index (χ3v) is 6.05. The lowest BCUT2D eigenvalue weighted by molar-refractivity contribution is -0.255. The molecule has 1 aliphatic heterocycles. The van der Waals surface area contributed by atoms with Crippen molar-refractivity contribution in [3.05, 3.63) is 65.7 Å². The number of aliphatic imine (C=N–C) groups is 1. The van der Waals surface area contributed by atoms with Gasteiger partial charge in [-0.25, -0.2) is 4.99 Å². The molecule has 0 spiro atoms. The number of ether oxygens (including phenoxy) is 3. The molecule has 1 fully saturated rings. The molecule has 0 radical (unpaired) electrons. The van der Waals surface area contributed by atoms with E-state index in [0.717, 1.165) is 11.1 Å². The van der Waals surface area contributed by atoms with Gasteiger partial charge in [-0.1, -0.05) is 42.5 Å². The second-order valence-corrected chi connectivity index (χ2v) is 7.56. The monoisotopic (exact) mass is 416 g/mol. The molecule has 0 bridgehead atoms. The fourth-order valence-electron chi connectivity index (χ4n) is 4.77. The summed E-state index contributed by atoms with van der Waals surface area (Å²) >= 11 is 0. The normalized spacial score (nSPS) is 27.5. The number of nitriles is 2. The molecular formula is C24H24N4O3. The lowest BCUT2D eigenvalue weighted by atomic mass is 9.93. The van der Waals surface area contributed by atoms with Crippen LogP contribution in [0.3, 0.4) is 0 Å². The molecule has 0 aromatic heterocycles. The first kappa shape index (κ1) is 20.9. The first-order chi connectivity index (χ1) is 15.0. The van der Waals surface area contributed by atoms with Gasteiger partial charge >= 0.3 is 0 Å². The highest BCUT2D eigenvalue weighted by atomic mass is 16.7. The van der Waals surface area contributed by atoms with Gasteiger partial charge in [-0.2, -0.15) is 10.5 Å². The summed E-state index contributed by atoms with van der Waals surface area (Å²) in [6, 6.07) is 21.8. The van der Waals surface area contributed by atoms with E-state index in [2.05, 4.69) is 17.1 Å². The highest BCUT2D eigenvalue weighted by molar-refractivity contribution is 6.00. The van der Waals surface area contributed by atoms with E-state index in [9.17, 15) is 10.5 Å². The highest BCUT2D eigenvalue weighted by Gasteiger charge is 2.93. The van der Waals surface area contributed by atoms with E-state index >= 15 is 0 Å². The van der Waals surface area contributed by atoms with Crippen LogP contribution in [0.15, 0.2) is 59.6 Å². The Morgan fingerprint density at radius 3 is 2.32 bits per heavy atom. The zero-order valence-corrected chi connectivity index (χ0v) is 17.5. The Labute approximate surface area is 181 Å². The summed E-state index contributed by atoms with van der Waals surface area (Å²) in [6.07, 6.45) is 0. The number of rotatable bonds is 8. The Bertz CT molecular complexity index is 1080. The second-order valence-electron chi connectivity index (χ2n) is 7.56. The van der Waals surface area contributed by atoms with Crippen LogP contribution in [0.2, 0.25) is 0 Å². The van der Waals surface area contributed by atoms with Crippen LogP contribution in [-0.2, 0) is 16.1 Å². The summed E-state index contributed by atoms with van der Waals surface area (Å²) in [5, 5.41) is 20.5. The number of hydrogen-bond donors (Lipinski definition) is 1. The van der Waals surface area contributed by atoms with Crippen molar-refractivity contribution in [1.82, 2.24) is 0 Å². The van der Waals surface area contributed by atoms with E-state index in [1.54, 1.807) is 13.8 Å². The molecule has 0 unspecified atom stereocenters. The van der Waals surface area contributed by atoms with Crippen LogP contribution in [0.1, 0.15) is 30.9 Å². The number of fused-ring (bicyclic) bond motifs is 1. The maximum Gasteiger partial charge on any atom is 0.293 e. The third-order valence-electron chi connectivity index (χ3n) is 6.05. The first-order valence-corrected chi connectivity index (χ1v) is 10.3. The molecule has 7 nitrogen and oxygen atoms in total. The molecule has 3 atom stereocenters. The summed E-state index contributed by atoms with van der Waals surface area (Å²) < 4.78 is 17.7. The van der Waals surface area contributed by atoms with E-state index in [1.165, 1.54) is 0 Å². The molecule has 2 aliphatic rings. The molecule has 158 valence electrons. The van der Waals surface area contributed by atoms with E-state index in [4.69, 9.17) is 19.9 Å². The lowest BCUT2D eigenvalue weighted by Gasteiger charge is -2.31. The molecule has 2 aromatic carbocycles. The highest BCUT2D eigenvalue weighted by Crippen LogP contribution is 2.82. The Morgan fingerprint density at radius 2 is 1.71 bits per heavy atom. The van der Waals surface area contributed by atoms with Crippen LogP contribution in [0, 0.1) is 33.5 Å². The number of hydrogen-bond acceptors (Lipinski definition) is 7. The molecule has 1 aliphatic carbocycles. The first-order valence-electron chi connectivity index (χ1n) is 10.3. The Balaban J connectivity index is 1.71. The van der Waals surface area contributed by atoms with Gasteiger partial charge in [0.05, 0.1) is 12.1 Å². The summed E-state index contributed by atoms with van der Waals surface area (Å²) in [5.74, 6) is -1.46. The molecule has 2 N–H and O–H groups in total. The Kier molecular flexibility index (Phi) is 5.18. The SMILES string of the molecule is CCOC1(OCC)N=C(N)[C@@]2(C#N)[C@H](c3cccc(OCc4ccccc4)c3)[C@@]12C#N. The molecule has 0 amide bonds. The minimum atomic E-state index is -1.61. The smallest absolute Gasteiger partial charge is 0.293 e. The molecule has 4 rings (SSSR count). The van der Waals surface area contributed by atoms with Gasteiger partial charge in [-0.3, -0.25) is 0 Å². The summed E-state index contributed by atoms with van der Waals surface area (Å²) in [6.45, 7) is 4.51. The summed E-state index contributed by atoms with van der Waals surface area (Å²) in [7, 11) is 0. The number of nitrogens with zero attached hydrogens (tertiary/aromatic N) is 3. The van der Waals surface area contributed by atoms with Gasteiger partial charge in [-0.05, 0) is 37.1 Å². The van der Waals surface area contributed by atoms with Crippen LogP contribution < -0.4 is 10.5 Å². The van der Waals surface area contributed by atoms with Crippen LogP contribution in [-0.4, -0.2) is 25.0 Å². The molecule has 1 heterocycles. The maximum atomic E-state index is 10.3. The molecule has 0 saturated heterocycles. The van der Waals surface area contributed by atoms with Gasteiger partial charge in [0, 0.05) is 19.1 Å². The average Bonchev–Trinajstić information content (AvgIpc) is 3.38. The van der Waals surface area contributed by atoms with Gasteiger partial charge < -0.3 is 19.9 Å². The average molecular weight is 416 g/mol. The number of benzene rings is 2. The van der Waals surface area contributed by atoms with Gasteiger partial charge in [-0.15, -0.1) is 0 Å². The largest absolute Gasteiger partial charge is 0.489 e. The van der Waals surface area contributed by atoms with Crippen molar-refractivity contribution in [1.29, 1.82) is 10.5 Å². The third kappa shape index (κ3) is 2.75. The van der Waals surface area contributed by atoms with E-state index in [0.29, 0.717) is 12.4 Å². The van der Waals surface area contributed by atoms with Gasteiger partial charge in [0.15, 0.2) is 5.41 Å². The molecule has 7 heteroatoms. The Hall–Kier alpha value is -3.39. The van der Waals surface area contributed by atoms with Crippen LogP contribution in [0.25, 0.3) is 0 Å². The van der Waals surface area contributed by atoms with Crippen LogP contribution in [0.5, 0.6) is 5.75 Å². The zero-order chi connectivity index (χ0) is 22.1. The number of amidine groups is 1. The van der Waals surface area contributed by atoms with Gasteiger partial charge in [0.2, 0.25) is 0 Å². The standard InChI is InChI=1S/C24H24N4O3/c1-3-30-24(31-4-2)23(16-26)20(22(23,15-25)21(27)28-24)18-11-8-12-19(13-18)29-14-17-9-6-5-7-10-17/h5-13,20H,3-4,14H2,1-2H3,(H2,27,28)/t20-,22+,23+/m0/s1. The van der Waals surface area contributed by atoms with Gasteiger partial charge in [0.25, 0.3) is 5.91 Å². The fraction of sp³-hybridized carbons (Fsp3) is 0.375.